The molecule has 0 aliphatic carbocycles. The van der Waals surface area contributed by atoms with Crippen molar-refractivity contribution >= 4 is 22.9 Å². The van der Waals surface area contributed by atoms with Gasteiger partial charge in [0.05, 0.1) is 0 Å². The molecule has 1 unspecified atom stereocenters. The molecular weight excluding hydrogens is 252 g/mol. The maximum absolute atomic E-state index is 6.01. The van der Waals surface area contributed by atoms with Gasteiger partial charge in [-0.15, -0.1) is 22.9 Å². The van der Waals surface area contributed by atoms with Crippen molar-refractivity contribution in [2.24, 2.45) is 0 Å². The number of hydrogen-bond donors (Lipinski definition) is 0. The molecule has 0 radical (unpaired) electrons. The topological polar surface area (TPSA) is 9.23 Å². The highest BCUT2D eigenvalue weighted by Crippen LogP contribution is 2.28. The van der Waals surface area contributed by atoms with Gasteiger partial charge in [0.1, 0.15) is 11.9 Å². The number of ether oxygens (including phenoxy) is 1. The van der Waals surface area contributed by atoms with Crippen molar-refractivity contribution in [1.82, 2.24) is 0 Å². The third kappa shape index (κ3) is 3.48. The van der Waals surface area contributed by atoms with Gasteiger partial charge in [-0.3, -0.25) is 0 Å². The molecule has 0 bridgehead atoms. The first-order valence-corrected chi connectivity index (χ1v) is 7.03. The largest absolute Gasteiger partial charge is 0.485 e. The van der Waals surface area contributed by atoms with E-state index >= 15 is 0 Å². The monoisotopic (exact) mass is 266 g/mol. The lowest BCUT2D eigenvalue weighted by molar-refractivity contribution is 0.206. The summed E-state index contributed by atoms with van der Waals surface area (Å²) in [5.41, 5.74) is 1.21. The van der Waals surface area contributed by atoms with Gasteiger partial charge in [0.25, 0.3) is 0 Å². The van der Waals surface area contributed by atoms with Gasteiger partial charge in [-0.2, -0.15) is 0 Å². The van der Waals surface area contributed by atoms with Crippen LogP contribution >= 0.6 is 22.9 Å². The van der Waals surface area contributed by atoms with Crippen molar-refractivity contribution in [2.75, 3.05) is 5.88 Å². The lowest BCUT2D eigenvalue weighted by Crippen LogP contribution is -2.06. The number of rotatable bonds is 5. The molecular formula is C14H15ClOS. The molecule has 2 rings (SSSR count). The van der Waals surface area contributed by atoms with E-state index in [0.717, 1.165) is 12.2 Å². The molecule has 90 valence electrons. The van der Waals surface area contributed by atoms with Gasteiger partial charge in [-0.25, -0.2) is 0 Å². The highest BCUT2D eigenvalue weighted by atomic mass is 35.5. The molecule has 0 saturated heterocycles. The van der Waals surface area contributed by atoms with Crippen LogP contribution in [0.15, 0.2) is 41.8 Å². The fourth-order valence-electron chi connectivity index (χ4n) is 1.69. The van der Waals surface area contributed by atoms with Crippen molar-refractivity contribution in [3.63, 3.8) is 0 Å². The second-order valence-electron chi connectivity index (χ2n) is 3.92. The Hall–Kier alpha value is -0.990. The zero-order valence-corrected chi connectivity index (χ0v) is 11.3. The van der Waals surface area contributed by atoms with Gasteiger partial charge in [0.15, 0.2) is 0 Å². The summed E-state index contributed by atoms with van der Waals surface area (Å²) in [6.45, 7) is 2.06. The second kappa shape index (κ2) is 6.08. The normalized spacial score (nSPS) is 12.4. The molecule has 0 saturated carbocycles. The summed E-state index contributed by atoms with van der Waals surface area (Å²) >= 11 is 7.55. The van der Waals surface area contributed by atoms with Gasteiger partial charge in [-0.1, -0.05) is 18.2 Å². The zero-order chi connectivity index (χ0) is 12.1. The molecule has 0 aliphatic heterocycles. The van der Waals surface area contributed by atoms with E-state index in [1.807, 2.05) is 18.2 Å². The molecule has 1 heterocycles. The Bertz CT molecular complexity index is 453. The second-order valence-corrected chi connectivity index (χ2v) is 5.27. The number of halogens is 1. The Labute approximate surface area is 111 Å². The molecule has 0 aliphatic rings. The fraction of sp³-hybridized carbons (Fsp3) is 0.286. The molecule has 0 N–H and O–H groups in total. The highest BCUT2D eigenvalue weighted by Gasteiger charge is 2.13. The smallest absolute Gasteiger partial charge is 0.134 e. The molecule has 0 fully saturated rings. The van der Waals surface area contributed by atoms with Crippen LogP contribution in [0.3, 0.4) is 0 Å². The van der Waals surface area contributed by atoms with Crippen LogP contribution in [0.25, 0.3) is 0 Å². The summed E-state index contributed by atoms with van der Waals surface area (Å²) < 4.78 is 6.01. The zero-order valence-electron chi connectivity index (χ0n) is 9.73. The Morgan fingerprint density at radius 1 is 1.29 bits per heavy atom. The first-order chi connectivity index (χ1) is 8.29. The average Bonchev–Trinajstić information content (AvgIpc) is 2.82. The standard InChI is InChI=1S/C14H15ClOS/c1-11-4-2-5-12(10-11)16-13(7-8-15)14-6-3-9-17-14/h2-6,9-10,13H,7-8H2,1H3. The predicted octanol–water partition coefficient (Wildman–Crippen LogP) is 4.81. The third-order valence-electron chi connectivity index (χ3n) is 2.50. The summed E-state index contributed by atoms with van der Waals surface area (Å²) in [7, 11) is 0. The van der Waals surface area contributed by atoms with Crippen LogP contribution in [0.5, 0.6) is 5.75 Å². The van der Waals surface area contributed by atoms with Gasteiger partial charge in [-0.05, 0) is 36.1 Å². The average molecular weight is 267 g/mol. The number of thiophene rings is 1. The maximum atomic E-state index is 6.01. The minimum Gasteiger partial charge on any atom is -0.485 e. The molecule has 1 aromatic heterocycles. The molecule has 2 aromatic rings. The van der Waals surface area contributed by atoms with Crippen LogP contribution in [-0.2, 0) is 0 Å². The number of alkyl halides is 1. The van der Waals surface area contributed by atoms with E-state index in [1.165, 1.54) is 10.4 Å². The highest BCUT2D eigenvalue weighted by molar-refractivity contribution is 7.10. The molecule has 3 heteroatoms. The fourth-order valence-corrected chi connectivity index (χ4v) is 2.67. The van der Waals surface area contributed by atoms with E-state index < -0.39 is 0 Å². The first kappa shape index (κ1) is 12.5. The Balaban J connectivity index is 2.13. The first-order valence-electron chi connectivity index (χ1n) is 5.62. The summed E-state index contributed by atoms with van der Waals surface area (Å²) in [6, 6.07) is 12.3. The Kier molecular flexibility index (Phi) is 4.46. The van der Waals surface area contributed by atoms with E-state index in [-0.39, 0.29) is 6.10 Å². The number of benzene rings is 1. The van der Waals surface area contributed by atoms with Crippen molar-refractivity contribution < 1.29 is 4.74 Å². The molecule has 1 aromatic carbocycles. The van der Waals surface area contributed by atoms with Crippen LogP contribution in [0, 0.1) is 6.92 Å². The van der Waals surface area contributed by atoms with E-state index in [2.05, 4.69) is 30.5 Å². The lowest BCUT2D eigenvalue weighted by atomic mass is 10.2. The third-order valence-corrected chi connectivity index (χ3v) is 3.68. The molecule has 1 nitrogen and oxygen atoms in total. The summed E-state index contributed by atoms with van der Waals surface area (Å²) in [5, 5.41) is 2.07. The Morgan fingerprint density at radius 3 is 2.82 bits per heavy atom. The minimum absolute atomic E-state index is 0.0642. The predicted molar refractivity (Wildman–Crippen MR) is 74.2 cm³/mol. The number of hydrogen-bond acceptors (Lipinski definition) is 2. The molecule has 0 spiro atoms. The summed E-state index contributed by atoms with van der Waals surface area (Å²) in [4.78, 5) is 1.23. The van der Waals surface area contributed by atoms with Gasteiger partial charge < -0.3 is 4.74 Å². The van der Waals surface area contributed by atoms with Gasteiger partial charge >= 0.3 is 0 Å². The molecule has 0 amide bonds. The summed E-state index contributed by atoms with van der Waals surface area (Å²) in [6.07, 6.45) is 0.894. The van der Waals surface area contributed by atoms with Crippen LogP contribution in [0.4, 0.5) is 0 Å². The lowest BCUT2D eigenvalue weighted by Gasteiger charge is -2.17. The van der Waals surface area contributed by atoms with Crippen molar-refractivity contribution in [3.8, 4) is 5.75 Å². The van der Waals surface area contributed by atoms with E-state index in [4.69, 9.17) is 16.3 Å². The summed E-state index contributed by atoms with van der Waals surface area (Å²) in [5.74, 6) is 1.52. The SMILES string of the molecule is Cc1cccc(OC(CCCl)c2cccs2)c1. The van der Waals surface area contributed by atoms with Gasteiger partial charge in [0.2, 0.25) is 0 Å². The maximum Gasteiger partial charge on any atom is 0.134 e. The molecule has 17 heavy (non-hydrogen) atoms. The van der Waals surface area contributed by atoms with Gasteiger partial charge in [0, 0.05) is 17.2 Å². The van der Waals surface area contributed by atoms with Crippen molar-refractivity contribution in [3.05, 3.63) is 52.2 Å². The minimum atomic E-state index is 0.0642. The number of aryl methyl sites for hydroxylation is 1. The van der Waals surface area contributed by atoms with Crippen molar-refractivity contribution in [1.29, 1.82) is 0 Å². The van der Waals surface area contributed by atoms with Crippen LogP contribution in [0.1, 0.15) is 23.0 Å². The van der Waals surface area contributed by atoms with Crippen LogP contribution in [0.2, 0.25) is 0 Å². The van der Waals surface area contributed by atoms with E-state index in [1.54, 1.807) is 11.3 Å². The molecule has 1 atom stereocenters. The Morgan fingerprint density at radius 2 is 2.18 bits per heavy atom. The van der Waals surface area contributed by atoms with E-state index in [9.17, 15) is 0 Å². The van der Waals surface area contributed by atoms with Crippen LogP contribution < -0.4 is 4.74 Å². The van der Waals surface area contributed by atoms with Crippen molar-refractivity contribution in [2.45, 2.75) is 19.4 Å². The quantitative estimate of drug-likeness (QED) is 0.706. The van der Waals surface area contributed by atoms with E-state index in [0.29, 0.717) is 5.88 Å². The van der Waals surface area contributed by atoms with Crippen LogP contribution in [-0.4, -0.2) is 5.88 Å².